The van der Waals surface area contributed by atoms with Gasteiger partial charge in [-0.15, -0.1) is 0 Å². The van der Waals surface area contributed by atoms with E-state index in [9.17, 15) is 9.59 Å². The van der Waals surface area contributed by atoms with Crippen LogP contribution in [-0.4, -0.2) is 66.8 Å². The van der Waals surface area contributed by atoms with E-state index < -0.39 is 11.7 Å². The summed E-state index contributed by atoms with van der Waals surface area (Å²) in [6.07, 6.45) is -0.0882. The topological polar surface area (TPSA) is 68.3 Å². The van der Waals surface area contributed by atoms with Gasteiger partial charge in [-0.05, 0) is 45.2 Å². The zero-order valence-electron chi connectivity index (χ0n) is 16.4. The third kappa shape index (κ3) is 4.84. The lowest BCUT2D eigenvalue weighted by Gasteiger charge is -2.30. The Kier molecular flexibility index (Phi) is 5.48. The molecule has 0 aromatic heterocycles. The van der Waals surface area contributed by atoms with Gasteiger partial charge in [-0.3, -0.25) is 4.79 Å². The monoisotopic (exact) mass is 376 g/mol. The molecule has 148 valence electrons. The number of amides is 2. The van der Waals surface area contributed by atoms with Crippen molar-refractivity contribution < 1.29 is 23.8 Å². The molecule has 2 aliphatic rings. The molecule has 2 atom stereocenters. The van der Waals surface area contributed by atoms with Gasteiger partial charge in [0.25, 0.3) is 5.91 Å². The average Bonchev–Trinajstić information content (AvgIpc) is 3.08. The van der Waals surface area contributed by atoms with E-state index in [0.717, 1.165) is 6.42 Å². The molecule has 0 aliphatic carbocycles. The van der Waals surface area contributed by atoms with Crippen molar-refractivity contribution in [1.29, 1.82) is 0 Å². The number of hydrogen-bond acceptors (Lipinski definition) is 5. The summed E-state index contributed by atoms with van der Waals surface area (Å²) in [4.78, 5) is 28.3. The molecule has 1 aromatic carbocycles. The highest BCUT2D eigenvalue weighted by atomic mass is 16.6. The normalized spacial score (nSPS) is 21.7. The third-order valence-electron chi connectivity index (χ3n) is 4.63. The first kappa shape index (κ1) is 19.3. The fourth-order valence-corrected chi connectivity index (χ4v) is 3.34. The summed E-state index contributed by atoms with van der Waals surface area (Å²) < 4.78 is 16.8. The second-order valence-electron chi connectivity index (χ2n) is 8.16. The molecule has 0 spiro atoms. The molecule has 0 unspecified atom stereocenters. The van der Waals surface area contributed by atoms with Crippen molar-refractivity contribution >= 4 is 12.0 Å². The van der Waals surface area contributed by atoms with Crippen molar-refractivity contribution in [3.8, 4) is 11.5 Å². The SMILES string of the molecule is CN(C[C@H]1CCN(C(=O)OC(C)(C)C)C1)C(=O)[C@H]1COc2ccccc2O1. The van der Waals surface area contributed by atoms with Crippen LogP contribution in [0.4, 0.5) is 4.79 Å². The number of hydrogen-bond donors (Lipinski definition) is 0. The lowest BCUT2D eigenvalue weighted by Crippen LogP contribution is -2.46. The molecule has 1 saturated heterocycles. The van der Waals surface area contributed by atoms with Crippen molar-refractivity contribution in [3.63, 3.8) is 0 Å². The molecule has 2 amide bonds. The van der Waals surface area contributed by atoms with Crippen molar-refractivity contribution in [2.45, 2.75) is 38.9 Å². The van der Waals surface area contributed by atoms with Gasteiger partial charge in [-0.2, -0.15) is 0 Å². The van der Waals surface area contributed by atoms with E-state index in [-0.39, 0.29) is 24.5 Å². The van der Waals surface area contributed by atoms with Crippen LogP contribution in [0.1, 0.15) is 27.2 Å². The minimum Gasteiger partial charge on any atom is -0.485 e. The standard InChI is InChI=1S/C20H28N2O5/c1-20(2,3)27-19(24)22-10-9-14(12-22)11-21(4)18(23)17-13-25-15-7-5-6-8-16(15)26-17/h5-8,14,17H,9-13H2,1-4H3/t14-,17-/m1/s1. The number of likely N-dealkylation sites (N-methyl/N-ethyl adjacent to an activating group) is 1. The molecular formula is C20H28N2O5. The van der Waals surface area contributed by atoms with E-state index in [1.807, 2.05) is 39.0 Å². The second-order valence-corrected chi connectivity index (χ2v) is 8.16. The van der Waals surface area contributed by atoms with E-state index in [1.54, 1.807) is 22.9 Å². The van der Waals surface area contributed by atoms with Crippen LogP contribution in [0.25, 0.3) is 0 Å². The summed E-state index contributed by atoms with van der Waals surface area (Å²) in [6, 6.07) is 7.34. The molecule has 0 N–H and O–H groups in total. The van der Waals surface area contributed by atoms with Crippen LogP contribution in [0.2, 0.25) is 0 Å². The smallest absolute Gasteiger partial charge is 0.410 e. The van der Waals surface area contributed by atoms with Crippen LogP contribution in [0.3, 0.4) is 0 Å². The first-order chi connectivity index (χ1) is 12.7. The molecule has 0 saturated carbocycles. The Labute approximate surface area is 160 Å². The van der Waals surface area contributed by atoms with Gasteiger partial charge in [0.1, 0.15) is 12.2 Å². The van der Waals surface area contributed by atoms with Crippen LogP contribution in [-0.2, 0) is 9.53 Å². The van der Waals surface area contributed by atoms with E-state index >= 15 is 0 Å². The van der Waals surface area contributed by atoms with Crippen LogP contribution >= 0.6 is 0 Å². The highest BCUT2D eigenvalue weighted by molar-refractivity contribution is 5.81. The number of nitrogens with zero attached hydrogens (tertiary/aromatic N) is 2. The second kappa shape index (κ2) is 7.66. The van der Waals surface area contributed by atoms with E-state index in [1.165, 1.54) is 0 Å². The lowest BCUT2D eigenvalue weighted by atomic mass is 10.1. The quantitative estimate of drug-likeness (QED) is 0.811. The van der Waals surface area contributed by atoms with Crippen LogP contribution in [0.15, 0.2) is 24.3 Å². The predicted molar refractivity (Wildman–Crippen MR) is 99.9 cm³/mol. The van der Waals surface area contributed by atoms with E-state index in [4.69, 9.17) is 14.2 Å². The third-order valence-corrected chi connectivity index (χ3v) is 4.63. The Balaban J connectivity index is 1.50. The fraction of sp³-hybridized carbons (Fsp3) is 0.600. The summed E-state index contributed by atoms with van der Waals surface area (Å²) >= 11 is 0. The fourth-order valence-electron chi connectivity index (χ4n) is 3.34. The summed E-state index contributed by atoms with van der Waals surface area (Å²) in [5.41, 5.74) is -0.503. The van der Waals surface area contributed by atoms with Gasteiger partial charge in [0.15, 0.2) is 11.5 Å². The minimum absolute atomic E-state index is 0.111. The summed E-state index contributed by atoms with van der Waals surface area (Å²) in [6.45, 7) is 7.59. The Morgan fingerprint density at radius 3 is 2.67 bits per heavy atom. The zero-order chi connectivity index (χ0) is 19.6. The van der Waals surface area contributed by atoms with Crippen molar-refractivity contribution in [2.24, 2.45) is 5.92 Å². The van der Waals surface area contributed by atoms with Crippen molar-refractivity contribution in [3.05, 3.63) is 24.3 Å². The number of likely N-dealkylation sites (tertiary alicyclic amines) is 1. The highest BCUT2D eigenvalue weighted by Gasteiger charge is 2.34. The van der Waals surface area contributed by atoms with Crippen LogP contribution in [0, 0.1) is 5.92 Å². The van der Waals surface area contributed by atoms with Crippen molar-refractivity contribution in [2.75, 3.05) is 33.3 Å². The Morgan fingerprint density at radius 2 is 1.96 bits per heavy atom. The Hall–Kier alpha value is -2.44. The van der Waals surface area contributed by atoms with E-state index in [2.05, 4.69) is 0 Å². The molecule has 7 heteroatoms. The van der Waals surface area contributed by atoms with Crippen molar-refractivity contribution in [1.82, 2.24) is 9.80 Å². The van der Waals surface area contributed by atoms with Gasteiger partial charge in [0.2, 0.25) is 6.10 Å². The van der Waals surface area contributed by atoms with Gasteiger partial charge in [0.05, 0.1) is 0 Å². The number of rotatable bonds is 3. The number of fused-ring (bicyclic) bond motifs is 1. The number of carbonyl (C=O) groups is 2. The van der Waals surface area contributed by atoms with Crippen LogP contribution < -0.4 is 9.47 Å². The molecular weight excluding hydrogens is 348 g/mol. The maximum atomic E-state index is 12.7. The molecule has 2 aliphatic heterocycles. The lowest BCUT2D eigenvalue weighted by molar-refractivity contribution is -0.140. The largest absolute Gasteiger partial charge is 0.485 e. The number of para-hydroxylation sites is 2. The molecule has 1 aromatic rings. The molecule has 3 rings (SSSR count). The molecule has 0 radical (unpaired) electrons. The Morgan fingerprint density at radius 1 is 1.26 bits per heavy atom. The molecule has 7 nitrogen and oxygen atoms in total. The minimum atomic E-state index is -0.645. The number of ether oxygens (including phenoxy) is 3. The predicted octanol–water partition coefficient (Wildman–Crippen LogP) is 2.54. The summed E-state index contributed by atoms with van der Waals surface area (Å²) in [5, 5.41) is 0. The maximum absolute atomic E-state index is 12.7. The van der Waals surface area contributed by atoms with Gasteiger partial charge < -0.3 is 24.0 Å². The van der Waals surface area contributed by atoms with Gasteiger partial charge in [-0.25, -0.2) is 4.79 Å². The highest BCUT2D eigenvalue weighted by Crippen LogP contribution is 2.31. The van der Waals surface area contributed by atoms with Gasteiger partial charge >= 0.3 is 6.09 Å². The summed E-state index contributed by atoms with van der Waals surface area (Å²) in [7, 11) is 1.77. The van der Waals surface area contributed by atoms with Gasteiger partial charge in [-0.1, -0.05) is 12.1 Å². The summed E-state index contributed by atoms with van der Waals surface area (Å²) in [5.74, 6) is 1.36. The molecule has 2 heterocycles. The zero-order valence-corrected chi connectivity index (χ0v) is 16.4. The Bertz CT molecular complexity index is 700. The number of carbonyl (C=O) groups excluding carboxylic acids is 2. The average molecular weight is 376 g/mol. The first-order valence-electron chi connectivity index (χ1n) is 9.34. The molecule has 1 fully saturated rings. The molecule has 0 bridgehead atoms. The maximum Gasteiger partial charge on any atom is 0.410 e. The first-order valence-corrected chi connectivity index (χ1v) is 9.34. The van der Waals surface area contributed by atoms with E-state index in [0.29, 0.717) is 31.1 Å². The van der Waals surface area contributed by atoms with Crippen LogP contribution in [0.5, 0.6) is 11.5 Å². The number of benzene rings is 1. The molecule has 27 heavy (non-hydrogen) atoms. The van der Waals surface area contributed by atoms with Gasteiger partial charge in [0, 0.05) is 26.7 Å².